The van der Waals surface area contributed by atoms with Crippen molar-refractivity contribution in [1.82, 2.24) is 19.9 Å². The van der Waals surface area contributed by atoms with Gasteiger partial charge in [-0.1, -0.05) is 35.0 Å². The van der Waals surface area contributed by atoms with Gasteiger partial charge in [-0.15, -0.1) is 0 Å². The molecule has 1 unspecified atom stereocenters. The monoisotopic (exact) mass is 399 g/mol. The largest absolute Gasteiger partial charge is 0.381 e. The summed E-state index contributed by atoms with van der Waals surface area (Å²) >= 11 is 0. The van der Waals surface area contributed by atoms with Gasteiger partial charge in [-0.05, 0) is 25.7 Å². The highest BCUT2D eigenvalue weighted by Gasteiger charge is 2.31. The summed E-state index contributed by atoms with van der Waals surface area (Å²) in [5, 5.41) is 4.10. The summed E-state index contributed by atoms with van der Waals surface area (Å²) < 4.78 is 10.8. The third kappa shape index (κ3) is 4.83. The molecule has 1 aromatic heterocycles. The standard InChI is InChI=1S/C21H29N5O3/c1-15-2-4-17(5-3-15)20-23-18(29-24-20)14-25-8-10-26(11-9-25)21(27)19(22)16-6-12-28-13-7-16/h2-5,16,19H,6-14,22H2,1H3. The molecule has 0 spiro atoms. The minimum absolute atomic E-state index is 0.0657. The van der Waals surface area contributed by atoms with Crippen LogP contribution >= 0.6 is 0 Å². The molecule has 2 fully saturated rings. The lowest BCUT2D eigenvalue weighted by Crippen LogP contribution is -2.55. The minimum atomic E-state index is -0.418. The van der Waals surface area contributed by atoms with Crippen molar-refractivity contribution in [2.75, 3.05) is 39.4 Å². The Balaban J connectivity index is 1.28. The van der Waals surface area contributed by atoms with Crippen LogP contribution in [0.15, 0.2) is 28.8 Å². The number of nitrogens with two attached hydrogens (primary N) is 1. The number of amides is 1. The lowest BCUT2D eigenvalue weighted by Gasteiger charge is -2.37. The normalized spacial score (nSPS) is 20.0. The lowest BCUT2D eigenvalue weighted by molar-refractivity contribution is -0.136. The van der Waals surface area contributed by atoms with Crippen LogP contribution in [-0.2, 0) is 16.1 Å². The van der Waals surface area contributed by atoms with Crippen LogP contribution in [0.25, 0.3) is 11.4 Å². The van der Waals surface area contributed by atoms with Gasteiger partial charge in [0.2, 0.25) is 17.6 Å². The van der Waals surface area contributed by atoms with Gasteiger partial charge in [-0.25, -0.2) is 0 Å². The quantitative estimate of drug-likeness (QED) is 0.812. The minimum Gasteiger partial charge on any atom is -0.381 e. The van der Waals surface area contributed by atoms with E-state index in [0.29, 0.717) is 44.6 Å². The van der Waals surface area contributed by atoms with E-state index in [1.54, 1.807) is 0 Å². The average Bonchev–Trinajstić information content (AvgIpc) is 3.23. The Morgan fingerprint density at radius 3 is 2.55 bits per heavy atom. The molecule has 1 aromatic carbocycles. The van der Waals surface area contributed by atoms with E-state index in [4.69, 9.17) is 15.0 Å². The zero-order valence-corrected chi connectivity index (χ0v) is 16.9. The van der Waals surface area contributed by atoms with E-state index in [-0.39, 0.29) is 11.8 Å². The van der Waals surface area contributed by atoms with Gasteiger partial charge >= 0.3 is 0 Å². The van der Waals surface area contributed by atoms with Crippen LogP contribution in [0.4, 0.5) is 0 Å². The van der Waals surface area contributed by atoms with Crippen LogP contribution in [-0.4, -0.2) is 71.3 Å². The van der Waals surface area contributed by atoms with E-state index in [1.807, 2.05) is 36.1 Å². The number of hydrogen-bond donors (Lipinski definition) is 1. The van der Waals surface area contributed by atoms with E-state index < -0.39 is 6.04 Å². The smallest absolute Gasteiger partial charge is 0.241 e. The first-order valence-corrected chi connectivity index (χ1v) is 10.3. The Hall–Kier alpha value is -2.29. The molecule has 2 aromatic rings. The number of carbonyl (C=O) groups excluding carboxylic acids is 1. The van der Waals surface area contributed by atoms with Crippen molar-refractivity contribution < 1.29 is 14.1 Å². The van der Waals surface area contributed by atoms with Crippen molar-refractivity contribution in [3.05, 3.63) is 35.7 Å². The fourth-order valence-electron chi connectivity index (χ4n) is 3.94. The van der Waals surface area contributed by atoms with Gasteiger partial charge in [0.25, 0.3) is 0 Å². The Morgan fingerprint density at radius 2 is 1.86 bits per heavy atom. The van der Waals surface area contributed by atoms with Gasteiger partial charge in [0, 0.05) is 45.0 Å². The van der Waals surface area contributed by atoms with Gasteiger partial charge < -0.3 is 19.9 Å². The Kier molecular flexibility index (Phi) is 6.22. The van der Waals surface area contributed by atoms with Crippen molar-refractivity contribution in [3.63, 3.8) is 0 Å². The molecule has 1 amide bonds. The van der Waals surface area contributed by atoms with Gasteiger partial charge in [-0.2, -0.15) is 4.98 Å². The lowest BCUT2D eigenvalue weighted by atomic mass is 9.91. The molecular formula is C21H29N5O3. The van der Waals surface area contributed by atoms with Crippen LogP contribution < -0.4 is 5.73 Å². The number of aromatic nitrogens is 2. The molecule has 8 heteroatoms. The highest BCUT2D eigenvalue weighted by Crippen LogP contribution is 2.20. The average molecular weight is 399 g/mol. The van der Waals surface area contributed by atoms with Crippen molar-refractivity contribution in [3.8, 4) is 11.4 Å². The second-order valence-electron chi connectivity index (χ2n) is 7.95. The zero-order valence-electron chi connectivity index (χ0n) is 16.9. The van der Waals surface area contributed by atoms with Crippen LogP contribution in [0.3, 0.4) is 0 Å². The summed E-state index contributed by atoms with van der Waals surface area (Å²) in [5.41, 5.74) is 8.40. The van der Waals surface area contributed by atoms with Crippen molar-refractivity contribution in [2.24, 2.45) is 11.7 Å². The first kappa shape index (κ1) is 20.0. The fourth-order valence-corrected chi connectivity index (χ4v) is 3.94. The molecule has 8 nitrogen and oxygen atoms in total. The molecule has 3 heterocycles. The number of aryl methyl sites for hydroxylation is 1. The molecule has 0 aliphatic carbocycles. The number of ether oxygens (including phenoxy) is 1. The Labute approximate surface area is 171 Å². The molecule has 4 rings (SSSR count). The highest BCUT2D eigenvalue weighted by molar-refractivity contribution is 5.82. The summed E-state index contributed by atoms with van der Waals surface area (Å²) in [6.45, 7) is 6.94. The van der Waals surface area contributed by atoms with E-state index in [9.17, 15) is 4.79 Å². The maximum atomic E-state index is 12.7. The molecule has 0 saturated carbocycles. The molecule has 2 aliphatic rings. The molecule has 2 aliphatic heterocycles. The SMILES string of the molecule is Cc1ccc(-c2noc(CN3CCN(C(=O)C(N)C4CCOCC4)CC3)n2)cc1. The Bertz CT molecular complexity index is 808. The zero-order chi connectivity index (χ0) is 20.2. The topological polar surface area (TPSA) is 97.7 Å². The van der Waals surface area contributed by atoms with Crippen LogP contribution in [0.2, 0.25) is 0 Å². The van der Waals surface area contributed by atoms with Crippen LogP contribution in [0.1, 0.15) is 24.3 Å². The first-order valence-electron chi connectivity index (χ1n) is 10.3. The molecular weight excluding hydrogens is 370 g/mol. The number of hydrogen-bond acceptors (Lipinski definition) is 7. The summed E-state index contributed by atoms with van der Waals surface area (Å²) in [4.78, 5) is 21.4. The maximum Gasteiger partial charge on any atom is 0.241 e. The van der Waals surface area contributed by atoms with Crippen molar-refractivity contribution in [1.29, 1.82) is 0 Å². The highest BCUT2D eigenvalue weighted by atomic mass is 16.5. The molecule has 0 bridgehead atoms. The summed E-state index contributed by atoms with van der Waals surface area (Å²) in [6, 6.07) is 7.64. The van der Waals surface area contributed by atoms with Gasteiger partial charge in [0.15, 0.2) is 0 Å². The maximum absolute atomic E-state index is 12.7. The molecule has 156 valence electrons. The first-order chi connectivity index (χ1) is 14.1. The molecule has 0 radical (unpaired) electrons. The van der Waals surface area contributed by atoms with E-state index in [2.05, 4.69) is 15.0 Å². The third-order valence-electron chi connectivity index (χ3n) is 5.88. The van der Waals surface area contributed by atoms with E-state index >= 15 is 0 Å². The van der Waals surface area contributed by atoms with E-state index in [0.717, 1.165) is 31.5 Å². The number of rotatable bonds is 5. The van der Waals surface area contributed by atoms with Crippen LogP contribution in [0, 0.1) is 12.8 Å². The van der Waals surface area contributed by atoms with E-state index in [1.165, 1.54) is 5.56 Å². The van der Waals surface area contributed by atoms with Crippen molar-refractivity contribution in [2.45, 2.75) is 32.4 Å². The number of nitrogens with zero attached hydrogens (tertiary/aromatic N) is 4. The third-order valence-corrected chi connectivity index (χ3v) is 5.88. The molecule has 2 N–H and O–H groups in total. The second-order valence-corrected chi connectivity index (χ2v) is 7.95. The summed E-state index contributed by atoms with van der Waals surface area (Å²) in [7, 11) is 0. The van der Waals surface area contributed by atoms with Gasteiger partial charge in [0.1, 0.15) is 0 Å². The van der Waals surface area contributed by atoms with Gasteiger partial charge in [-0.3, -0.25) is 9.69 Å². The second kappa shape index (κ2) is 9.02. The number of piperazine rings is 1. The Morgan fingerprint density at radius 1 is 1.17 bits per heavy atom. The number of benzene rings is 1. The fraction of sp³-hybridized carbons (Fsp3) is 0.571. The number of carbonyl (C=O) groups is 1. The summed E-state index contributed by atoms with van der Waals surface area (Å²) in [5.74, 6) is 1.50. The van der Waals surface area contributed by atoms with Gasteiger partial charge in [0.05, 0.1) is 12.6 Å². The summed E-state index contributed by atoms with van der Waals surface area (Å²) in [6.07, 6.45) is 1.74. The molecule has 29 heavy (non-hydrogen) atoms. The molecule has 1 atom stereocenters. The predicted octanol–water partition coefficient (Wildman–Crippen LogP) is 1.44. The molecule has 2 saturated heterocycles. The van der Waals surface area contributed by atoms with Crippen molar-refractivity contribution >= 4 is 5.91 Å². The van der Waals surface area contributed by atoms with Crippen LogP contribution in [0.5, 0.6) is 0 Å². The predicted molar refractivity (Wildman–Crippen MR) is 108 cm³/mol.